The number of aromatic amines is 1. The summed E-state index contributed by atoms with van der Waals surface area (Å²) >= 11 is 0. The summed E-state index contributed by atoms with van der Waals surface area (Å²) in [5.41, 5.74) is 13.0. The van der Waals surface area contributed by atoms with Crippen LogP contribution in [0.5, 0.6) is 0 Å². The van der Waals surface area contributed by atoms with E-state index in [2.05, 4.69) is 82.9 Å². The molecular weight excluding hydrogens is 278 g/mol. The second-order valence-electron chi connectivity index (χ2n) is 6.76. The van der Waals surface area contributed by atoms with Crippen molar-refractivity contribution in [2.45, 2.75) is 41.5 Å². The molecule has 0 bridgehead atoms. The minimum Gasteiger partial charge on any atom is -0.354 e. The molecule has 0 saturated carbocycles. The van der Waals surface area contributed by atoms with Crippen molar-refractivity contribution in [3.63, 3.8) is 0 Å². The Bertz CT molecular complexity index is 809. The maximum atomic E-state index is 3.72. The summed E-state index contributed by atoms with van der Waals surface area (Å²) in [6.07, 6.45) is 0. The van der Waals surface area contributed by atoms with Crippen LogP contribution in [0.1, 0.15) is 33.4 Å². The molecule has 0 aliphatic heterocycles. The lowest BCUT2D eigenvalue weighted by Crippen LogP contribution is -1.88. The molecular formula is C22H25N. The monoisotopic (exact) mass is 303 g/mol. The molecule has 0 amide bonds. The Labute approximate surface area is 139 Å². The second kappa shape index (κ2) is 5.73. The van der Waals surface area contributed by atoms with Crippen LogP contribution in [0.4, 0.5) is 0 Å². The fourth-order valence-corrected chi connectivity index (χ4v) is 3.24. The third-order valence-electron chi connectivity index (χ3n) is 4.89. The quantitative estimate of drug-likeness (QED) is 0.580. The lowest BCUT2D eigenvalue weighted by Gasteiger charge is -2.08. The highest BCUT2D eigenvalue weighted by atomic mass is 14.7. The first-order chi connectivity index (χ1) is 10.9. The summed E-state index contributed by atoms with van der Waals surface area (Å²) in [6, 6.07) is 13.3. The molecule has 0 saturated heterocycles. The van der Waals surface area contributed by atoms with E-state index in [4.69, 9.17) is 0 Å². The van der Waals surface area contributed by atoms with E-state index in [-0.39, 0.29) is 0 Å². The number of hydrogen-bond donors (Lipinski definition) is 1. The number of benzene rings is 2. The Morgan fingerprint density at radius 3 is 1.35 bits per heavy atom. The highest BCUT2D eigenvalue weighted by Gasteiger charge is 2.16. The molecule has 0 unspecified atom stereocenters. The molecule has 1 nitrogen and oxygen atoms in total. The first-order valence-electron chi connectivity index (χ1n) is 8.23. The fourth-order valence-electron chi connectivity index (χ4n) is 3.24. The zero-order chi connectivity index (χ0) is 16.7. The predicted octanol–water partition coefficient (Wildman–Crippen LogP) is 6.20. The summed E-state index contributed by atoms with van der Waals surface area (Å²) < 4.78 is 0. The summed E-state index contributed by atoms with van der Waals surface area (Å²) in [5, 5.41) is 0. The number of H-pyrrole nitrogens is 1. The van der Waals surface area contributed by atoms with Gasteiger partial charge in [0.1, 0.15) is 0 Å². The summed E-state index contributed by atoms with van der Waals surface area (Å²) in [5.74, 6) is 0. The first kappa shape index (κ1) is 15.6. The minimum atomic E-state index is 1.25. The Kier molecular flexibility index (Phi) is 3.89. The first-order valence-corrected chi connectivity index (χ1v) is 8.23. The summed E-state index contributed by atoms with van der Waals surface area (Å²) in [6.45, 7) is 13.1. The number of hydrogen-bond acceptors (Lipinski definition) is 0. The third kappa shape index (κ3) is 2.72. The van der Waals surface area contributed by atoms with Crippen LogP contribution in [0.15, 0.2) is 36.4 Å². The third-order valence-corrected chi connectivity index (χ3v) is 4.89. The van der Waals surface area contributed by atoms with Crippen LogP contribution in [0.3, 0.4) is 0 Å². The van der Waals surface area contributed by atoms with Gasteiger partial charge >= 0.3 is 0 Å². The van der Waals surface area contributed by atoms with E-state index in [0.717, 1.165) is 0 Å². The number of aryl methyl sites for hydroxylation is 4. The fraction of sp³-hybridized carbons (Fsp3) is 0.273. The van der Waals surface area contributed by atoms with Crippen LogP contribution in [0.25, 0.3) is 22.5 Å². The molecule has 1 heteroatoms. The second-order valence-corrected chi connectivity index (χ2v) is 6.76. The molecule has 1 aromatic heterocycles. The molecule has 0 aliphatic rings. The molecule has 3 rings (SSSR count). The van der Waals surface area contributed by atoms with Gasteiger partial charge in [0.25, 0.3) is 0 Å². The van der Waals surface area contributed by atoms with Gasteiger partial charge in [-0.3, -0.25) is 0 Å². The van der Waals surface area contributed by atoms with Gasteiger partial charge in [0.15, 0.2) is 0 Å². The van der Waals surface area contributed by atoms with Gasteiger partial charge in [-0.05, 0) is 75.9 Å². The van der Waals surface area contributed by atoms with Crippen molar-refractivity contribution < 1.29 is 0 Å². The van der Waals surface area contributed by atoms with Gasteiger partial charge in [0.2, 0.25) is 0 Å². The van der Waals surface area contributed by atoms with Gasteiger partial charge in [-0.25, -0.2) is 0 Å². The summed E-state index contributed by atoms with van der Waals surface area (Å²) in [4.78, 5) is 3.72. The Hall–Kier alpha value is -2.28. The maximum Gasteiger partial charge on any atom is 0.0494 e. The van der Waals surface area contributed by atoms with Crippen molar-refractivity contribution in [2.24, 2.45) is 0 Å². The average molecular weight is 303 g/mol. The molecule has 3 aromatic rings. The van der Waals surface area contributed by atoms with Crippen LogP contribution in [0.2, 0.25) is 0 Å². The summed E-state index contributed by atoms with van der Waals surface area (Å²) in [7, 11) is 0. The largest absolute Gasteiger partial charge is 0.354 e. The molecule has 1 heterocycles. The lowest BCUT2D eigenvalue weighted by atomic mass is 9.98. The van der Waals surface area contributed by atoms with Gasteiger partial charge in [-0.1, -0.05) is 35.4 Å². The van der Waals surface area contributed by atoms with Crippen molar-refractivity contribution in [3.05, 3.63) is 69.8 Å². The van der Waals surface area contributed by atoms with E-state index in [1.54, 1.807) is 0 Å². The molecule has 0 radical (unpaired) electrons. The van der Waals surface area contributed by atoms with Crippen LogP contribution >= 0.6 is 0 Å². The topological polar surface area (TPSA) is 15.8 Å². The average Bonchev–Trinajstić information content (AvgIpc) is 2.80. The Morgan fingerprint density at radius 2 is 0.957 bits per heavy atom. The number of rotatable bonds is 2. The van der Waals surface area contributed by atoms with E-state index in [1.165, 1.54) is 55.9 Å². The maximum absolute atomic E-state index is 3.72. The number of aromatic nitrogens is 1. The Morgan fingerprint density at radius 1 is 0.565 bits per heavy atom. The van der Waals surface area contributed by atoms with Gasteiger partial charge in [0, 0.05) is 22.5 Å². The molecule has 23 heavy (non-hydrogen) atoms. The molecule has 0 atom stereocenters. The number of nitrogens with one attached hydrogen (secondary N) is 1. The lowest BCUT2D eigenvalue weighted by molar-refractivity contribution is 1.30. The molecule has 2 aromatic carbocycles. The van der Waals surface area contributed by atoms with E-state index < -0.39 is 0 Å². The van der Waals surface area contributed by atoms with Crippen LogP contribution in [-0.2, 0) is 0 Å². The van der Waals surface area contributed by atoms with Crippen LogP contribution < -0.4 is 0 Å². The van der Waals surface area contributed by atoms with E-state index in [9.17, 15) is 0 Å². The van der Waals surface area contributed by atoms with Crippen molar-refractivity contribution in [1.29, 1.82) is 0 Å². The van der Waals surface area contributed by atoms with Crippen LogP contribution in [-0.4, -0.2) is 4.98 Å². The van der Waals surface area contributed by atoms with Crippen molar-refractivity contribution in [1.82, 2.24) is 4.98 Å². The SMILES string of the molecule is Cc1ccc(C)c(-c2[nH]c(-c3cc(C)ccc3C)c(C)c2C)c1. The van der Waals surface area contributed by atoms with Gasteiger partial charge in [-0.2, -0.15) is 0 Å². The van der Waals surface area contributed by atoms with Crippen LogP contribution in [0, 0.1) is 41.5 Å². The zero-order valence-electron chi connectivity index (χ0n) is 15.0. The standard InChI is InChI=1S/C22H25N/c1-13-7-9-15(3)19(11-13)21-17(5)18(6)22(23-21)20-12-14(2)8-10-16(20)4/h7-12,23H,1-6H3. The smallest absolute Gasteiger partial charge is 0.0494 e. The zero-order valence-corrected chi connectivity index (χ0v) is 15.0. The minimum absolute atomic E-state index is 1.25. The molecule has 0 fully saturated rings. The van der Waals surface area contributed by atoms with E-state index >= 15 is 0 Å². The van der Waals surface area contributed by atoms with Crippen molar-refractivity contribution in [2.75, 3.05) is 0 Å². The molecule has 118 valence electrons. The molecule has 1 N–H and O–H groups in total. The van der Waals surface area contributed by atoms with Gasteiger partial charge < -0.3 is 4.98 Å². The predicted molar refractivity (Wildman–Crippen MR) is 100 cm³/mol. The highest BCUT2D eigenvalue weighted by molar-refractivity contribution is 5.78. The Balaban J connectivity index is 2.23. The van der Waals surface area contributed by atoms with Crippen molar-refractivity contribution in [3.8, 4) is 22.5 Å². The molecule has 0 aliphatic carbocycles. The van der Waals surface area contributed by atoms with Gasteiger partial charge in [-0.15, -0.1) is 0 Å². The van der Waals surface area contributed by atoms with Gasteiger partial charge in [0.05, 0.1) is 0 Å². The van der Waals surface area contributed by atoms with Crippen molar-refractivity contribution >= 4 is 0 Å². The normalized spacial score (nSPS) is 11.0. The van der Waals surface area contributed by atoms with E-state index in [0.29, 0.717) is 0 Å². The highest BCUT2D eigenvalue weighted by Crippen LogP contribution is 2.36. The molecule has 0 spiro atoms. The van der Waals surface area contributed by atoms with E-state index in [1.807, 2.05) is 0 Å².